The molecule has 0 atom stereocenters. The minimum absolute atomic E-state index is 0.0507. The standard InChI is InChI=1S/C21H21N5O5S2/c1-2-26-20(18-6-4-12-31-18)24-25-21(26)32-14-19(27)23-15-7-9-17(10-8-15)33(28,29)22-13-16-5-3-11-30-16/h3-12,22H,2,13-14H2,1H3,(H,23,27). The Hall–Kier alpha value is -3.35. The minimum atomic E-state index is -3.70. The number of hydrogen-bond donors (Lipinski definition) is 2. The first-order valence-electron chi connectivity index (χ1n) is 9.98. The van der Waals surface area contributed by atoms with Crippen LogP contribution in [0.15, 0.2) is 79.9 Å². The number of anilines is 1. The van der Waals surface area contributed by atoms with Crippen LogP contribution >= 0.6 is 11.8 Å². The highest BCUT2D eigenvalue weighted by Gasteiger charge is 2.17. The minimum Gasteiger partial charge on any atom is -0.468 e. The smallest absolute Gasteiger partial charge is 0.240 e. The molecule has 1 amide bonds. The average Bonchev–Trinajstić information content (AvgIpc) is 3.58. The summed E-state index contributed by atoms with van der Waals surface area (Å²) >= 11 is 1.25. The largest absolute Gasteiger partial charge is 0.468 e. The molecule has 12 heteroatoms. The van der Waals surface area contributed by atoms with Gasteiger partial charge >= 0.3 is 0 Å². The van der Waals surface area contributed by atoms with Crippen molar-refractivity contribution in [2.75, 3.05) is 11.1 Å². The Morgan fingerprint density at radius 1 is 1.06 bits per heavy atom. The zero-order valence-corrected chi connectivity index (χ0v) is 19.2. The number of carbonyl (C=O) groups excluding carboxylic acids is 1. The third-order valence-corrected chi connectivity index (χ3v) is 6.96. The number of sulfonamides is 1. The SMILES string of the molecule is CCn1c(SCC(=O)Nc2ccc(S(=O)(=O)NCc3ccco3)cc2)nnc1-c1ccco1. The molecule has 0 aliphatic carbocycles. The number of benzene rings is 1. The van der Waals surface area contributed by atoms with Crippen LogP contribution in [0.4, 0.5) is 5.69 Å². The zero-order chi connectivity index (χ0) is 23.3. The van der Waals surface area contributed by atoms with E-state index < -0.39 is 10.0 Å². The molecule has 0 fully saturated rings. The molecule has 0 radical (unpaired) electrons. The molecule has 0 unspecified atom stereocenters. The van der Waals surface area contributed by atoms with Gasteiger partial charge in [-0.1, -0.05) is 11.8 Å². The van der Waals surface area contributed by atoms with Gasteiger partial charge in [-0.2, -0.15) is 0 Å². The second-order valence-electron chi connectivity index (χ2n) is 6.79. The number of nitrogens with zero attached hydrogens (tertiary/aromatic N) is 3. The summed E-state index contributed by atoms with van der Waals surface area (Å²) in [6, 6.07) is 12.9. The zero-order valence-electron chi connectivity index (χ0n) is 17.6. The van der Waals surface area contributed by atoms with Crippen molar-refractivity contribution in [1.29, 1.82) is 0 Å². The number of furan rings is 2. The van der Waals surface area contributed by atoms with Crippen LogP contribution in [0.2, 0.25) is 0 Å². The first-order chi connectivity index (χ1) is 16.0. The molecule has 4 rings (SSSR count). The average molecular weight is 488 g/mol. The van der Waals surface area contributed by atoms with Crippen LogP contribution in [0.25, 0.3) is 11.6 Å². The summed E-state index contributed by atoms with van der Waals surface area (Å²) in [5.41, 5.74) is 0.485. The van der Waals surface area contributed by atoms with E-state index in [1.807, 2.05) is 11.5 Å². The Labute approximate surface area is 194 Å². The van der Waals surface area contributed by atoms with Gasteiger partial charge in [-0.05, 0) is 55.5 Å². The molecule has 0 saturated carbocycles. The maximum atomic E-state index is 12.4. The Morgan fingerprint density at radius 3 is 2.48 bits per heavy atom. The first kappa shape index (κ1) is 22.8. The highest BCUT2D eigenvalue weighted by molar-refractivity contribution is 7.99. The number of amides is 1. The van der Waals surface area contributed by atoms with Crippen molar-refractivity contribution in [3.63, 3.8) is 0 Å². The number of hydrogen-bond acceptors (Lipinski definition) is 8. The van der Waals surface area contributed by atoms with Crippen LogP contribution in [0, 0.1) is 0 Å². The van der Waals surface area contributed by atoms with E-state index in [9.17, 15) is 13.2 Å². The fourth-order valence-electron chi connectivity index (χ4n) is 2.98. The van der Waals surface area contributed by atoms with Crippen molar-refractivity contribution in [2.45, 2.75) is 30.1 Å². The lowest BCUT2D eigenvalue weighted by Crippen LogP contribution is -2.23. The van der Waals surface area contributed by atoms with E-state index in [0.717, 1.165) is 0 Å². The van der Waals surface area contributed by atoms with E-state index in [4.69, 9.17) is 8.83 Å². The molecule has 172 valence electrons. The number of carbonyl (C=O) groups is 1. The van der Waals surface area contributed by atoms with Crippen LogP contribution in [0.3, 0.4) is 0 Å². The fourth-order valence-corrected chi connectivity index (χ4v) is 4.77. The predicted octanol–water partition coefficient (Wildman–Crippen LogP) is 3.36. The number of rotatable bonds is 10. The van der Waals surface area contributed by atoms with Gasteiger partial charge in [-0.25, -0.2) is 13.1 Å². The van der Waals surface area contributed by atoms with Crippen LogP contribution in [0.5, 0.6) is 0 Å². The van der Waals surface area contributed by atoms with Crippen LogP contribution in [0.1, 0.15) is 12.7 Å². The van der Waals surface area contributed by atoms with Crippen molar-refractivity contribution in [3.8, 4) is 11.6 Å². The van der Waals surface area contributed by atoms with Crippen molar-refractivity contribution < 1.29 is 22.0 Å². The fraction of sp³-hybridized carbons (Fsp3) is 0.190. The van der Waals surface area contributed by atoms with E-state index in [2.05, 4.69) is 20.2 Å². The Morgan fingerprint density at radius 2 is 1.82 bits per heavy atom. The van der Waals surface area contributed by atoms with E-state index in [1.54, 1.807) is 30.5 Å². The topological polar surface area (TPSA) is 132 Å². The molecule has 0 aliphatic rings. The molecule has 3 heterocycles. The third kappa shape index (κ3) is 5.53. The molecule has 0 spiro atoms. The third-order valence-electron chi connectivity index (χ3n) is 4.57. The van der Waals surface area contributed by atoms with Gasteiger partial charge in [0, 0.05) is 12.2 Å². The normalized spacial score (nSPS) is 11.5. The highest BCUT2D eigenvalue weighted by atomic mass is 32.2. The molecule has 10 nitrogen and oxygen atoms in total. The second-order valence-corrected chi connectivity index (χ2v) is 9.50. The van der Waals surface area contributed by atoms with Crippen LogP contribution in [-0.4, -0.2) is 34.8 Å². The van der Waals surface area contributed by atoms with Gasteiger partial charge in [0.15, 0.2) is 16.7 Å². The van der Waals surface area contributed by atoms with E-state index in [-0.39, 0.29) is 23.1 Å². The van der Waals surface area contributed by atoms with Gasteiger partial charge in [0.2, 0.25) is 15.9 Å². The van der Waals surface area contributed by atoms with E-state index in [1.165, 1.54) is 42.3 Å². The van der Waals surface area contributed by atoms with Crippen LogP contribution < -0.4 is 10.0 Å². The van der Waals surface area contributed by atoms with Gasteiger partial charge < -0.3 is 14.2 Å². The molecule has 2 N–H and O–H groups in total. The van der Waals surface area contributed by atoms with E-state index >= 15 is 0 Å². The lowest BCUT2D eigenvalue weighted by atomic mass is 10.3. The number of aromatic nitrogens is 3. The summed E-state index contributed by atoms with van der Waals surface area (Å²) in [5, 5.41) is 11.7. The molecule has 0 bridgehead atoms. The summed E-state index contributed by atoms with van der Waals surface area (Å²) in [6.07, 6.45) is 3.04. The molecular formula is C21H21N5O5S2. The van der Waals surface area contributed by atoms with Gasteiger partial charge in [0.1, 0.15) is 5.76 Å². The second kappa shape index (κ2) is 10.1. The molecule has 1 aromatic carbocycles. The molecule has 0 aliphatic heterocycles. The van der Waals surface area contributed by atoms with Crippen molar-refractivity contribution >= 4 is 33.4 Å². The summed E-state index contributed by atoms with van der Waals surface area (Å²) in [5.74, 6) is 1.57. The van der Waals surface area contributed by atoms with Gasteiger partial charge in [0.25, 0.3) is 0 Å². The Bertz CT molecular complexity index is 1300. The predicted molar refractivity (Wildman–Crippen MR) is 122 cm³/mol. The summed E-state index contributed by atoms with van der Waals surface area (Å²) < 4.78 is 39.6. The van der Waals surface area contributed by atoms with Crippen molar-refractivity contribution in [3.05, 3.63) is 66.8 Å². The maximum Gasteiger partial charge on any atom is 0.240 e. The lowest BCUT2D eigenvalue weighted by Gasteiger charge is -2.08. The molecule has 33 heavy (non-hydrogen) atoms. The van der Waals surface area contributed by atoms with Gasteiger partial charge in [0.05, 0.1) is 29.7 Å². The highest BCUT2D eigenvalue weighted by Crippen LogP contribution is 2.24. The molecular weight excluding hydrogens is 466 g/mol. The van der Waals surface area contributed by atoms with Gasteiger partial charge in [-0.15, -0.1) is 10.2 Å². The molecule has 4 aromatic rings. The lowest BCUT2D eigenvalue weighted by molar-refractivity contribution is -0.113. The van der Waals surface area contributed by atoms with Crippen molar-refractivity contribution in [1.82, 2.24) is 19.5 Å². The summed E-state index contributed by atoms with van der Waals surface area (Å²) in [6.45, 7) is 2.63. The Balaban J connectivity index is 1.33. The first-order valence-corrected chi connectivity index (χ1v) is 12.4. The van der Waals surface area contributed by atoms with Crippen LogP contribution in [-0.2, 0) is 27.9 Å². The number of thioether (sulfide) groups is 1. The quantitative estimate of drug-likeness (QED) is 0.326. The number of nitrogens with one attached hydrogen (secondary N) is 2. The monoisotopic (exact) mass is 487 g/mol. The van der Waals surface area contributed by atoms with E-state index in [0.29, 0.717) is 34.7 Å². The summed E-state index contributed by atoms with van der Waals surface area (Å²) in [7, 11) is -3.70. The maximum absolute atomic E-state index is 12.4. The Kier molecular flexibility index (Phi) is 6.96. The molecule has 3 aromatic heterocycles. The summed E-state index contributed by atoms with van der Waals surface area (Å²) in [4.78, 5) is 12.5. The van der Waals surface area contributed by atoms with Crippen molar-refractivity contribution in [2.24, 2.45) is 0 Å². The van der Waals surface area contributed by atoms with Gasteiger partial charge in [-0.3, -0.25) is 9.36 Å². The molecule has 0 saturated heterocycles.